The molecule has 0 spiro atoms. The van der Waals surface area contributed by atoms with Gasteiger partial charge in [-0.15, -0.1) is 10.2 Å². The van der Waals surface area contributed by atoms with Crippen molar-refractivity contribution in [2.75, 3.05) is 11.6 Å². The molecule has 0 saturated heterocycles. The van der Waals surface area contributed by atoms with Crippen LogP contribution in [0.1, 0.15) is 25.5 Å². The molecule has 0 aliphatic heterocycles. The predicted molar refractivity (Wildman–Crippen MR) is 109 cm³/mol. The lowest BCUT2D eigenvalue weighted by atomic mass is 10.0. The Kier molecular flexibility index (Phi) is 4.52. The van der Waals surface area contributed by atoms with Gasteiger partial charge in [-0.3, -0.25) is 0 Å². The minimum Gasteiger partial charge on any atom is -0.379 e. The van der Waals surface area contributed by atoms with Crippen molar-refractivity contribution in [1.29, 1.82) is 5.26 Å². The van der Waals surface area contributed by atoms with Crippen molar-refractivity contribution >= 4 is 26.4 Å². The third-order valence-electron chi connectivity index (χ3n) is 5.16. The van der Waals surface area contributed by atoms with Gasteiger partial charge >= 0.3 is 0 Å². The zero-order valence-corrected chi connectivity index (χ0v) is 16.5. The summed E-state index contributed by atoms with van der Waals surface area (Å²) in [5.74, 6) is 0.632. The molecule has 6 nitrogen and oxygen atoms in total. The predicted octanol–water partition coefficient (Wildman–Crippen LogP) is 3.78. The molecule has 1 atom stereocenters. The van der Waals surface area contributed by atoms with Crippen LogP contribution in [-0.2, 0) is 9.84 Å². The van der Waals surface area contributed by atoms with Crippen molar-refractivity contribution in [2.45, 2.75) is 30.7 Å². The molecule has 1 N–H and O–H groups in total. The minimum atomic E-state index is -3.28. The molecule has 1 saturated carbocycles. The Hall–Kier alpha value is -2.98. The quantitative estimate of drug-likeness (QED) is 0.710. The summed E-state index contributed by atoms with van der Waals surface area (Å²) >= 11 is 0. The minimum absolute atomic E-state index is 0.269. The molecule has 142 valence electrons. The van der Waals surface area contributed by atoms with Crippen LogP contribution >= 0.6 is 0 Å². The van der Waals surface area contributed by atoms with Crippen molar-refractivity contribution in [3.05, 3.63) is 48.2 Å². The molecule has 1 fully saturated rings. The third-order valence-corrected chi connectivity index (χ3v) is 6.27. The molecular weight excluding hydrogens is 372 g/mol. The Morgan fingerprint density at radius 1 is 1.14 bits per heavy atom. The average Bonchev–Trinajstić information content (AvgIpc) is 3.52. The number of benzene rings is 2. The van der Waals surface area contributed by atoms with Crippen molar-refractivity contribution in [3.63, 3.8) is 0 Å². The van der Waals surface area contributed by atoms with Crippen molar-refractivity contribution in [1.82, 2.24) is 10.2 Å². The van der Waals surface area contributed by atoms with Gasteiger partial charge in [0, 0.05) is 17.7 Å². The molecule has 0 bridgehead atoms. The molecule has 2 aromatic carbocycles. The van der Waals surface area contributed by atoms with Crippen LogP contribution in [0.5, 0.6) is 0 Å². The van der Waals surface area contributed by atoms with E-state index in [2.05, 4.69) is 28.5 Å². The molecule has 3 aromatic rings. The first-order valence-corrected chi connectivity index (χ1v) is 11.0. The van der Waals surface area contributed by atoms with Crippen LogP contribution in [0, 0.1) is 17.2 Å². The summed E-state index contributed by atoms with van der Waals surface area (Å²) in [7, 11) is -3.28. The van der Waals surface area contributed by atoms with Gasteiger partial charge in [-0.05, 0) is 61.1 Å². The van der Waals surface area contributed by atoms with Crippen molar-refractivity contribution in [3.8, 4) is 17.2 Å². The number of nitrogens with zero attached hydrogens (tertiary/aromatic N) is 3. The topological polar surface area (TPSA) is 95.7 Å². The lowest BCUT2D eigenvalue weighted by molar-refractivity contribution is 0.602. The highest BCUT2D eigenvalue weighted by molar-refractivity contribution is 7.90. The van der Waals surface area contributed by atoms with E-state index in [1.807, 2.05) is 24.3 Å². The maximum atomic E-state index is 11.8. The van der Waals surface area contributed by atoms with Crippen LogP contribution in [-0.4, -0.2) is 30.9 Å². The lowest BCUT2D eigenvalue weighted by Gasteiger charge is -2.17. The van der Waals surface area contributed by atoms with E-state index in [0.29, 0.717) is 17.1 Å². The largest absolute Gasteiger partial charge is 0.379 e. The van der Waals surface area contributed by atoms with E-state index >= 15 is 0 Å². The van der Waals surface area contributed by atoms with E-state index in [1.54, 1.807) is 18.2 Å². The summed E-state index contributed by atoms with van der Waals surface area (Å²) in [5, 5.41) is 22.0. The van der Waals surface area contributed by atoms with Gasteiger partial charge in [-0.1, -0.05) is 18.2 Å². The summed E-state index contributed by atoms with van der Waals surface area (Å²) in [6.07, 6.45) is 3.60. The number of fused-ring (bicyclic) bond motifs is 1. The van der Waals surface area contributed by atoms with E-state index in [-0.39, 0.29) is 16.6 Å². The van der Waals surface area contributed by atoms with E-state index in [4.69, 9.17) is 0 Å². The highest BCUT2D eigenvalue weighted by Crippen LogP contribution is 2.36. The van der Waals surface area contributed by atoms with Gasteiger partial charge in [-0.2, -0.15) is 5.26 Å². The van der Waals surface area contributed by atoms with E-state index in [1.165, 1.54) is 19.1 Å². The fraction of sp³-hybridized carbons (Fsp3) is 0.286. The van der Waals surface area contributed by atoms with Crippen molar-refractivity contribution < 1.29 is 8.42 Å². The molecule has 1 heterocycles. The van der Waals surface area contributed by atoms with Gasteiger partial charge in [0.1, 0.15) is 6.07 Å². The number of anilines is 1. The second kappa shape index (κ2) is 6.88. The van der Waals surface area contributed by atoms with Crippen LogP contribution in [0.2, 0.25) is 0 Å². The Balaban J connectivity index is 1.79. The number of hydrogen-bond acceptors (Lipinski definition) is 6. The number of nitriles is 1. The van der Waals surface area contributed by atoms with Crippen LogP contribution in [0.4, 0.5) is 5.69 Å². The molecule has 1 aliphatic rings. The van der Waals surface area contributed by atoms with Crippen LogP contribution in [0.3, 0.4) is 0 Å². The second-order valence-electron chi connectivity index (χ2n) is 7.34. The van der Waals surface area contributed by atoms with E-state index < -0.39 is 9.84 Å². The second-order valence-corrected chi connectivity index (χ2v) is 9.35. The maximum Gasteiger partial charge on any atom is 0.186 e. The fourth-order valence-corrected chi connectivity index (χ4v) is 4.03. The molecule has 28 heavy (non-hydrogen) atoms. The first kappa shape index (κ1) is 18.4. The number of nitrogens with one attached hydrogen (secondary N) is 1. The normalized spacial score (nSPS) is 15.2. The molecule has 4 rings (SSSR count). The van der Waals surface area contributed by atoms with Gasteiger partial charge in [0.05, 0.1) is 16.1 Å². The molecular formula is C21H20N4O2S. The zero-order valence-electron chi connectivity index (χ0n) is 15.7. The van der Waals surface area contributed by atoms with Crippen LogP contribution < -0.4 is 5.32 Å². The first-order valence-electron chi connectivity index (χ1n) is 9.14. The summed E-state index contributed by atoms with van der Waals surface area (Å²) in [6.45, 7) is 2.12. The molecule has 0 unspecified atom stereocenters. The lowest BCUT2D eigenvalue weighted by Crippen LogP contribution is -2.19. The first-order chi connectivity index (χ1) is 13.4. The summed E-state index contributed by atoms with van der Waals surface area (Å²) in [5.41, 5.74) is 3.29. The summed E-state index contributed by atoms with van der Waals surface area (Å²) in [6, 6.07) is 14.9. The summed E-state index contributed by atoms with van der Waals surface area (Å²) in [4.78, 5) is 0.275. The average molecular weight is 392 g/mol. The molecule has 0 radical (unpaired) electrons. The monoisotopic (exact) mass is 392 g/mol. The highest BCUT2D eigenvalue weighted by Gasteiger charge is 2.29. The highest BCUT2D eigenvalue weighted by atomic mass is 32.2. The summed E-state index contributed by atoms with van der Waals surface area (Å²) < 4.78 is 23.7. The number of hydrogen-bond donors (Lipinski definition) is 1. The van der Waals surface area contributed by atoms with Gasteiger partial charge in [-0.25, -0.2) is 8.42 Å². The van der Waals surface area contributed by atoms with Gasteiger partial charge in [0.25, 0.3) is 0 Å². The van der Waals surface area contributed by atoms with Crippen LogP contribution in [0.25, 0.3) is 22.0 Å². The zero-order chi connectivity index (χ0) is 19.9. The van der Waals surface area contributed by atoms with E-state index in [0.717, 1.165) is 16.5 Å². The Labute approximate surface area is 164 Å². The Morgan fingerprint density at radius 2 is 1.89 bits per heavy atom. The van der Waals surface area contributed by atoms with Crippen molar-refractivity contribution in [2.24, 2.45) is 5.92 Å². The standard InChI is InChI=1S/C21H20N4O2S/c1-13(14-6-7-14)23-21-18-9-8-16(11-19(18)24-25-20(21)12-22)15-4-3-5-17(10-15)28(2,26)27/h3-5,8-11,13-14H,6-7H2,1-2H3,(H,23,24)/t13-/m1/s1. The van der Waals surface area contributed by atoms with Gasteiger partial charge in [0.2, 0.25) is 0 Å². The Bertz CT molecular complexity index is 1210. The number of rotatable bonds is 5. The van der Waals surface area contributed by atoms with E-state index in [9.17, 15) is 13.7 Å². The third kappa shape index (κ3) is 3.56. The molecule has 1 aromatic heterocycles. The number of sulfone groups is 1. The molecule has 0 amide bonds. The van der Waals surface area contributed by atoms with Crippen LogP contribution in [0.15, 0.2) is 47.4 Å². The fourth-order valence-electron chi connectivity index (χ4n) is 3.36. The maximum absolute atomic E-state index is 11.8. The molecule has 7 heteroatoms. The number of aromatic nitrogens is 2. The Morgan fingerprint density at radius 3 is 2.57 bits per heavy atom. The SMILES string of the molecule is C[C@@H](Nc1c(C#N)nnc2cc(-c3cccc(S(C)(=O)=O)c3)ccc12)C1CC1. The van der Waals surface area contributed by atoms with Gasteiger partial charge < -0.3 is 5.32 Å². The smallest absolute Gasteiger partial charge is 0.186 e. The van der Waals surface area contributed by atoms with Gasteiger partial charge in [0.15, 0.2) is 15.5 Å². The molecule has 1 aliphatic carbocycles.